The van der Waals surface area contributed by atoms with Gasteiger partial charge in [-0.2, -0.15) is 5.26 Å². The first kappa shape index (κ1) is 19.2. The van der Waals surface area contributed by atoms with E-state index in [2.05, 4.69) is 12.2 Å². The van der Waals surface area contributed by atoms with E-state index in [0.717, 1.165) is 12.0 Å². The Morgan fingerprint density at radius 3 is 2.35 bits per heavy atom. The van der Waals surface area contributed by atoms with Gasteiger partial charge in [0.25, 0.3) is 5.91 Å². The summed E-state index contributed by atoms with van der Waals surface area (Å²) in [6, 6.07) is 18.0. The highest BCUT2D eigenvalue weighted by Crippen LogP contribution is 2.18. The number of benzene rings is 2. The van der Waals surface area contributed by atoms with E-state index in [0.29, 0.717) is 17.7 Å². The number of nitrogens with zero attached hydrogens (tertiary/aromatic N) is 1. The number of hydrogen-bond donors (Lipinski definition) is 1. The Hall–Kier alpha value is -3.13. The fourth-order valence-corrected chi connectivity index (χ4v) is 2.55. The summed E-state index contributed by atoms with van der Waals surface area (Å²) in [6.45, 7) is 4.09. The minimum Gasteiger partial charge on any atom is -0.449 e. The molecule has 2 atom stereocenters. The normalized spacial score (nSPS) is 12.5. The van der Waals surface area contributed by atoms with Crippen molar-refractivity contribution in [3.05, 3.63) is 71.3 Å². The van der Waals surface area contributed by atoms with Gasteiger partial charge in [0.15, 0.2) is 6.10 Å². The number of hydrogen-bond acceptors (Lipinski definition) is 4. The van der Waals surface area contributed by atoms with Gasteiger partial charge in [0.2, 0.25) is 0 Å². The van der Waals surface area contributed by atoms with Crippen molar-refractivity contribution in [2.45, 2.75) is 32.3 Å². The summed E-state index contributed by atoms with van der Waals surface area (Å²) in [6.07, 6.45) is -0.00427. The zero-order valence-corrected chi connectivity index (χ0v) is 14.9. The third-order valence-electron chi connectivity index (χ3n) is 4.19. The maximum atomic E-state index is 12.2. The molecule has 5 nitrogen and oxygen atoms in total. The smallest absolute Gasteiger partial charge is 0.338 e. The van der Waals surface area contributed by atoms with Gasteiger partial charge in [-0.3, -0.25) is 4.79 Å². The van der Waals surface area contributed by atoms with Crippen molar-refractivity contribution in [1.82, 2.24) is 5.32 Å². The van der Waals surface area contributed by atoms with Crippen molar-refractivity contribution in [1.29, 1.82) is 5.26 Å². The number of nitrogens with one attached hydrogen (secondary N) is 1. The number of rotatable bonds is 7. The van der Waals surface area contributed by atoms with Crippen molar-refractivity contribution in [2.24, 2.45) is 0 Å². The molecule has 0 fully saturated rings. The third-order valence-corrected chi connectivity index (χ3v) is 4.19. The second-order valence-corrected chi connectivity index (χ2v) is 6.00. The molecule has 26 heavy (non-hydrogen) atoms. The Morgan fingerprint density at radius 1 is 1.12 bits per heavy atom. The van der Waals surface area contributed by atoms with Crippen molar-refractivity contribution in [3.63, 3.8) is 0 Å². The van der Waals surface area contributed by atoms with E-state index in [9.17, 15) is 9.59 Å². The molecule has 0 saturated heterocycles. The minimum atomic E-state index is -0.897. The number of carbonyl (C=O) groups is 2. The molecule has 134 valence electrons. The summed E-state index contributed by atoms with van der Waals surface area (Å²) in [5.41, 5.74) is 1.93. The van der Waals surface area contributed by atoms with Crippen molar-refractivity contribution in [3.8, 4) is 6.07 Å². The summed E-state index contributed by atoms with van der Waals surface area (Å²) in [4.78, 5) is 24.3. The average Bonchev–Trinajstić information content (AvgIpc) is 2.69. The van der Waals surface area contributed by atoms with Gasteiger partial charge < -0.3 is 10.1 Å². The number of amides is 1. The number of carbonyl (C=O) groups excluding carboxylic acids is 2. The van der Waals surface area contributed by atoms with Crippen LogP contribution in [0.3, 0.4) is 0 Å². The van der Waals surface area contributed by atoms with Gasteiger partial charge in [-0.05, 0) is 43.2 Å². The van der Waals surface area contributed by atoms with Crippen LogP contribution in [-0.2, 0) is 9.53 Å². The van der Waals surface area contributed by atoms with E-state index in [4.69, 9.17) is 10.00 Å². The fourth-order valence-electron chi connectivity index (χ4n) is 2.55. The SMILES string of the molecule is CC[C@H](CNC(=O)[C@H](C)OC(=O)c1ccc(C#N)cc1)c1ccccc1. The van der Waals surface area contributed by atoms with Crippen molar-refractivity contribution >= 4 is 11.9 Å². The van der Waals surface area contributed by atoms with Crippen LogP contribution in [0.2, 0.25) is 0 Å². The van der Waals surface area contributed by atoms with Gasteiger partial charge in [0.05, 0.1) is 17.2 Å². The zero-order chi connectivity index (χ0) is 18.9. The summed E-state index contributed by atoms with van der Waals surface area (Å²) in [7, 11) is 0. The van der Waals surface area contributed by atoms with Gasteiger partial charge in [0.1, 0.15) is 0 Å². The number of nitriles is 1. The Bertz CT molecular complexity index is 779. The van der Waals surface area contributed by atoms with Crippen LogP contribution >= 0.6 is 0 Å². The third kappa shape index (κ3) is 5.18. The Morgan fingerprint density at radius 2 is 1.77 bits per heavy atom. The molecule has 5 heteroatoms. The lowest BCUT2D eigenvalue weighted by atomic mass is 9.96. The topological polar surface area (TPSA) is 79.2 Å². The van der Waals surface area contributed by atoms with Crippen LogP contribution in [0.1, 0.15) is 47.7 Å². The first-order valence-electron chi connectivity index (χ1n) is 8.59. The minimum absolute atomic E-state index is 0.210. The summed E-state index contributed by atoms with van der Waals surface area (Å²) >= 11 is 0. The van der Waals surface area contributed by atoms with Crippen LogP contribution in [0.4, 0.5) is 0 Å². The molecule has 0 aliphatic carbocycles. The van der Waals surface area contributed by atoms with Crippen LogP contribution in [0.25, 0.3) is 0 Å². The summed E-state index contributed by atoms with van der Waals surface area (Å²) in [5.74, 6) is -0.713. The fraction of sp³-hybridized carbons (Fsp3) is 0.286. The highest BCUT2D eigenvalue weighted by Gasteiger charge is 2.20. The van der Waals surface area contributed by atoms with E-state index >= 15 is 0 Å². The standard InChI is InChI=1S/C21H22N2O3/c1-3-17(18-7-5-4-6-8-18)14-23-20(24)15(2)26-21(25)19-11-9-16(13-22)10-12-19/h4-12,15,17H,3,14H2,1-2H3,(H,23,24)/t15-,17+/m0/s1. The lowest BCUT2D eigenvalue weighted by Crippen LogP contribution is -2.38. The molecule has 0 unspecified atom stereocenters. The van der Waals surface area contributed by atoms with Gasteiger partial charge in [-0.15, -0.1) is 0 Å². The quantitative estimate of drug-likeness (QED) is 0.776. The van der Waals surface area contributed by atoms with Crippen LogP contribution in [0, 0.1) is 11.3 Å². The molecule has 0 bridgehead atoms. The van der Waals surface area contributed by atoms with Crippen LogP contribution in [-0.4, -0.2) is 24.5 Å². The average molecular weight is 350 g/mol. The largest absolute Gasteiger partial charge is 0.449 e. The number of esters is 1. The highest BCUT2D eigenvalue weighted by molar-refractivity contribution is 5.92. The summed E-state index contributed by atoms with van der Waals surface area (Å²) in [5, 5.41) is 11.6. The Kier molecular flexibility index (Phi) is 6.92. The van der Waals surface area contributed by atoms with E-state index in [1.54, 1.807) is 6.92 Å². The Labute approximate surface area is 153 Å². The molecule has 0 heterocycles. The summed E-state index contributed by atoms with van der Waals surface area (Å²) < 4.78 is 5.21. The van der Waals surface area contributed by atoms with Crippen LogP contribution < -0.4 is 5.32 Å². The van der Waals surface area contributed by atoms with E-state index in [-0.39, 0.29) is 11.8 Å². The molecular formula is C21H22N2O3. The lowest BCUT2D eigenvalue weighted by molar-refractivity contribution is -0.129. The maximum Gasteiger partial charge on any atom is 0.338 e. The molecule has 1 amide bonds. The molecular weight excluding hydrogens is 328 g/mol. The van der Waals surface area contributed by atoms with E-state index < -0.39 is 12.1 Å². The van der Waals surface area contributed by atoms with Crippen LogP contribution in [0.5, 0.6) is 0 Å². The van der Waals surface area contributed by atoms with Crippen molar-refractivity contribution < 1.29 is 14.3 Å². The first-order chi connectivity index (χ1) is 12.5. The predicted molar refractivity (Wildman–Crippen MR) is 98.5 cm³/mol. The molecule has 2 aromatic rings. The monoisotopic (exact) mass is 350 g/mol. The molecule has 0 aromatic heterocycles. The zero-order valence-electron chi connectivity index (χ0n) is 14.9. The molecule has 0 saturated carbocycles. The van der Waals surface area contributed by atoms with E-state index in [1.807, 2.05) is 36.4 Å². The highest BCUT2D eigenvalue weighted by atomic mass is 16.5. The van der Waals surface area contributed by atoms with Gasteiger partial charge in [-0.25, -0.2) is 4.79 Å². The molecule has 0 aliphatic heterocycles. The van der Waals surface area contributed by atoms with Crippen LogP contribution in [0.15, 0.2) is 54.6 Å². The molecule has 0 radical (unpaired) electrons. The maximum absolute atomic E-state index is 12.2. The molecule has 2 rings (SSSR count). The molecule has 2 aromatic carbocycles. The van der Waals surface area contributed by atoms with E-state index in [1.165, 1.54) is 24.3 Å². The Balaban J connectivity index is 1.88. The van der Waals surface area contributed by atoms with Gasteiger partial charge in [0, 0.05) is 12.5 Å². The van der Waals surface area contributed by atoms with Gasteiger partial charge >= 0.3 is 5.97 Å². The predicted octanol–water partition coefficient (Wildman–Crippen LogP) is 3.41. The lowest BCUT2D eigenvalue weighted by Gasteiger charge is -2.18. The molecule has 0 aliphatic rings. The first-order valence-corrected chi connectivity index (χ1v) is 8.59. The molecule has 0 spiro atoms. The van der Waals surface area contributed by atoms with Gasteiger partial charge in [-0.1, -0.05) is 37.3 Å². The molecule has 1 N–H and O–H groups in total. The number of ether oxygens (including phenoxy) is 1. The second-order valence-electron chi connectivity index (χ2n) is 6.00. The second kappa shape index (κ2) is 9.38. The van der Waals surface area contributed by atoms with Crippen molar-refractivity contribution in [2.75, 3.05) is 6.54 Å².